The molecule has 12 nitrogen and oxygen atoms in total. The van der Waals surface area contributed by atoms with Gasteiger partial charge in [-0.05, 0) is 79.6 Å². The van der Waals surface area contributed by atoms with Crippen LogP contribution in [-0.2, 0) is 16.6 Å². The second-order valence-electron chi connectivity index (χ2n) is 11.1. The first-order valence-electron chi connectivity index (χ1n) is 14.0. The molecule has 0 unspecified atom stereocenters. The van der Waals surface area contributed by atoms with E-state index in [1.54, 1.807) is 60.9 Å². The van der Waals surface area contributed by atoms with Gasteiger partial charge in [0.1, 0.15) is 12.9 Å². The summed E-state index contributed by atoms with van der Waals surface area (Å²) in [7, 11) is -3.75. The van der Waals surface area contributed by atoms with Crippen molar-refractivity contribution in [3.05, 3.63) is 102 Å². The average molecular weight is 648 g/mol. The molecule has 234 valence electrons. The second kappa shape index (κ2) is 13.2. The average Bonchev–Trinajstić information content (AvgIpc) is 3.66. The van der Waals surface area contributed by atoms with Crippen LogP contribution in [0, 0.1) is 5.21 Å². The van der Waals surface area contributed by atoms with E-state index in [0.717, 1.165) is 16.9 Å². The Morgan fingerprint density at radius 2 is 1.89 bits per heavy atom. The van der Waals surface area contributed by atoms with Gasteiger partial charge < -0.3 is 20.2 Å². The monoisotopic (exact) mass is 647 g/mol. The number of β-amino-alcohol motifs (C(OH)–C–C–N with tert-alkyl or cyclic N) is 1. The molecule has 5 aromatic rings. The van der Waals surface area contributed by atoms with Crippen LogP contribution in [0.2, 0.25) is 0 Å². The summed E-state index contributed by atoms with van der Waals surface area (Å²) in [5, 5.41) is 28.9. The van der Waals surface area contributed by atoms with Gasteiger partial charge in [0.2, 0.25) is 0 Å². The molecule has 1 amide bonds. The van der Waals surface area contributed by atoms with Gasteiger partial charge in [-0.1, -0.05) is 30.3 Å². The number of carbonyl (C=O) groups is 1. The highest BCUT2D eigenvalue weighted by atomic mass is 32.2. The SMILES string of the molecule is C=[N+]([O-])c1cnc(NC(=O)c2ccc3c(c2)ncn3CCC(C)(C)NC[C@H](O)c2cccc(NS(=O)(=O)c3ccccc3)c2)s1. The van der Waals surface area contributed by atoms with Crippen LogP contribution in [-0.4, -0.2) is 57.5 Å². The molecule has 0 fully saturated rings. The molecule has 1 atom stereocenters. The summed E-state index contributed by atoms with van der Waals surface area (Å²) in [5.74, 6) is -0.364. The first-order chi connectivity index (χ1) is 21.4. The van der Waals surface area contributed by atoms with Gasteiger partial charge in [-0.25, -0.2) is 18.4 Å². The zero-order valence-electron chi connectivity index (χ0n) is 24.7. The van der Waals surface area contributed by atoms with Crippen LogP contribution >= 0.6 is 11.3 Å². The highest BCUT2D eigenvalue weighted by Gasteiger charge is 2.21. The van der Waals surface area contributed by atoms with Crippen LogP contribution in [0.15, 0.2) is 90.2 Å². The zero-order chi connectivity index (χ0) is 32.2. The molecule has 2 heterocycles. The van der Waals surface area contributed by atoms with E-state index in [-0.39, 0.29) is 27.9 Å². The number of sulfonamides is 1. The first kappa shape index (κ1) is 31.8. The highest BCUT2D eigenvalue weighted by Crippen LogP contribution is 2.26. The van der Waals surface area contributed by atoms with Crippen LogP contribution in [0.4, 0.5) is 15.8 Å². The number of fused-ring (bicyclic) bond motifs is 1. The minimum atomic E-state index is -3.75. The number of hydrogen-bond acceptors (Lipinski definition) is 9. The third kappa shape index (κ3) is 7.91. The zero-order valence-corrected chi connectivity index (χ0v) is 26.3. The van der Waals surface area contributed by atoms with Crippen LogP contribution in [0.25, 0.3) is 11.0 Å². The fourth-order valence-electron chi connectivity index (χ4n) is 4.59. The summed E-state index contributed by atoms with van der Waals surface area (Å²) >= 11 is 1.03. The summed E-state index contributed by atoms with van der Waals surface area (Å²) in [6.07, 6.45) is 2.92. The number of thiazole rings is 1. The fraction of sp³-hybridized carbons (Fsp3) is 0.226. The lowest BCUT2D eigenvalue weighted by molar-refractivity contribution is -0.345. The van der Waals surface area contributed by atoms with Crippen molar-refractivity contribution < 1.29 is 23.1 Å². The summed E-state index contributed by atoms with van der Waals surface area (Å²) < 4.78 is 30.4. The van der Waals surface area contributed by atoms with Crippen LogP contribution in [0.5, 0.6) is 0 Å². The molecule has 14 heteroatoms. The maximum absolute atomic E-state index is 12.7. The largest absolute Gasteiger partial charge is 0.618 e. The molecule has 45 heavy (non-hydrogen) atoms. The van der Waals surface area contributed by atoms with Crippen molar-refractivity contribution in [3.63, 3.8) is 0 Å². The number of amides is 1. The molecule has 0 spiro atoms. The Morgan fingerprint density at radius 1 is 1.11 bits per heavy atom. The van der Waals surface area contributed by atoms with Gasteiger partial charge in [-0.3, -0.25) is 14.8 Å². The van der Waals surface area contributed by atoms with Gasteiger partial charge >= 0.3 is 0 Å². The Bertz CT molecular complexity index is 1940. The van der Waals surface area contributed by atoms with Crippen molar-refractivity contribution in [2.24, 2.45) is 0 Å². The van der Waals surface area contributed by atoms with Gasteiger partial charge in [-0.15, -0.1) is 0 Å². The van der Waals surface area contributed by atoms with Gasteiger partial charge in [0, 0.05) is 29.9 Å². The Labute approximate surface area is 264 Å². The van der Waals surface area contributed by atoms with Crippen LogP contribution < -0.4 is 15.4 Å². The van der Waals surface area contributed by atoms with Crippen LogP contribution in [0.3, 0.4) is 0 Å². The van der Waals surface area contributed by atoms with Crippen molar-refractivity contribution in [1.82, 2.24) is 19.9 Å². The number of imidazole rings is 1. The van der Waals surface area contributed by atoms with Crippen molar-refractivity contribution in [2.75, 3.05) is 16.6 Å². The smallest absolute Gasteiger partial charge is 0.294 e. The van der Waals surface area contributed by atoms with E-state index in [9.17, 15) is 23.5 Å². The number of hydrogen-bond donors (Lipinski definition) is 4. The van der Waals surface area contributed by atoms with E-state index >= 15 is 0 Å². The molecule has 0 bridgehead atoms. The molecular weight excluding hydrogens is 615 g/mol. The van der Waals surface area contributed by atoms with Crippen molar-refractivity contribution in [2.45, 2.75) is 43.4 Å². The van der Waals surface area contributed by atoms with E-state index in [4.69, 9.17) is 0 Å². The maximum atomic E-state index is 12.7. The van der Waals surface area contributed by atoms with Gasteiger partial charge in [0.05, 0.1) is 28.4 Å². The lowest BCUT2D eigenvalue weighted by atomic mass is 9.99. The number of carbonyl (C=O) groups excluding carboxylic acids is 1. The number of nitrogens with one attached hydrogen (secondary N) is 3. The molecule has 5 rings (SSSR count). The van der Waals surface area contributed by atoms with Crippen molar-refractivity contribution >= 4 is 60.8 Å². The quantitative estimate of drug-likeness (QED) is 0.0608. The third-order valence-corrected chi connectivity index (χ3v) is 9.49. The van der Waals surface area contributed by atoms with Gasteiger partial charge in [-0.2, -0.15) is 4.74 Å². The Hall–Kier alpha value is -4.63. The number of benzene rings is 3. The molecule has 0 radical (unpaired) electrons. The van der Waals surface area contributed by atoms with E-state index < -0.39 is 16.1 Å². The number of aliphatic hydroxyl groups excluding tert-OH is 1. The lowest BCUT2D eigenvalue weighted by Gasteiger charge is -2.28. The molecule has 0 aliphatic carbocycles. The third-order valence-electron chi connectivity index (χ3n) is 7.17. The number of anilines is 2. The molecule has 2 aromatic heterocycles. The number of rotatable bonds is 13. The molecule has 0 aliphatic rings. The van der Waals surface area contributed by atoms with E-state index in [1.165, 1.54) is 18.3 Å². The Balaban J connectivity index is 1.16. The summed E-state index contributed by atoms with van der Waals surface area (Å²) in [6, 6.07) is 20.1. The highest BCUT2D eigenvalue weighted by molar-refractivity contribution is 7.92. The normalized spacial score (nSPS) is 12.6. The van der Waals surface area contributed by atoms with Crippen LogP contribution in [0.1, 0.15) is 42.3 Å². The van der Waals surface area contributed by atoms with Gasteiger partial charge in [0.15, 0.2) is 5.13 Å². The lowest BCUT2D eigenvalue weighted by Crippen LogP contribution is -2.42. The maximum Gasteiger partial charge on any atom is 0.294 e. The molecule has 4 N–H and O–H groups in total. The van der Waals surface area contributed by atoms with E-state index in [1.807, 2.05) is 24.5 Å². The Morgan fingerprint density at radius 3 is 2.62 bits per heavy atom. The molecule has 0 saturated heterocycles. The fourth-order valence-corrected chi connectivity index (χ4v) is 6.32. The number of aliphatic hydroxyl groups is 1. The molecule has 0 aliphatic heterocycles. The number of nitrogens with zero attached hydrogens (tertiary/aromatic N) is 4. The summed E-state index contributed by atoms with van der Waals surface area (Å²) in [6.45, 7) is 8.23. The predicted molar refractivity (Wildman–Crippen MR) is 176 cm³/mol. The number of aromatic nitrogens is 3. The Kier molecular flexibility index (Phi) is 9.29. The van der Waals surface area contributed by atoms with Crippen molar-refractivity contribution in [1.29, 1.82) is 0 Å². The van der Waals surface area contributed by atoms with E-state index in [2.05, 4.69) is 32.0 Å². The topological polar surface area (TPSA) is 164 Å². The number of aryl methyl sites for hydroxylation is 1. The predicted octanol–water partition coefficient (Wildman–Crippen LogP) is 4.88. The minimum Gasteiger partial charge on any atom is -0.618 e. The first-order valence-corrected chi connectivity index (χ1v) is 16.3. The standard InChI is InChI=1S/C31H33N7O5S2/c1-31(2,34-18-27(39)21-8-7-9-23(16-21)36-45(42,43)24-10-5-4-6-11-24)14-15-38-20-33-25-17-22(12-13-26(25)38)29(40)35-30-32-19-28(44-30)37(3)41/h4-13,16-17,19-20,27,34,36,39H,3,14-15,18H2,1-2H3,(H,32,35,40)/t27-/m0/s1. The molecule has 0 saturated carbocycles. The second-order valence-corrected chi connectivity index (χ2v) is 13.7. The summed E-state index contributed by atoms with van der Waals surface area (Å²) in [4.78, 5) is 21.4. The van der Waals surface area contributed by atoms with E-state index in [0.29, 0.717) is 45.2 Å². The van der Waals surface area contributed by atoms with Gasteiger partial charge in [0.25, 0.3) is 20.9 Å². The summed E-state index contributed by atoms with van der Waals surface area (Å²) in [5.41, 5.74) is 2.53. The van der Waals surface area contributed by atoms with Crippen molar-refractivity contribution in [3.8, 4) is 0 Å². The molecule has 3 aromatic carbocycles. The molecular formula is C31H33N7O5S2. The minimum absolute atomic E-state index is 0.158.